The average molecular weight is 334 g/mol. The minimum Gasteiger partial charge on any atom is -0.324 e. The van der Waals surface area contributed by atoms with E-state index in [1.807, 2.05) is 42.5 Å². The highest BCUT2D eigenvalue weighted by atomic mass is 16.2. The van der Waals surface area contributed by atoms with Crippen LogP contribution in [-0.2, 0) is 24.2 Å². The highest BCUT2D eigenvalue weighted by Crippen LogP contribution is 2.22. The zero-order valence-electron chi connectivity index (χ0n) is 14.6. The van der Waals surface area contributed by atoms with Gasteiger partial charge in [-0.3, -0.25) is 9.59 Å². The van der Waals surface area contributed by atoms with Crippen molar-refractivity contribution in [2.45, 2.75) is 33.2 Å². The van der Waals surface area contributed by atoms with E-state index < -0.39 is 0 Å². The van der Waals surface area contributed by atoms with E-state index in [1.54, 1.807) is 12.3 Å². The summed E-state index contributed by atoms with van der Waals surface area (Å²) in [5, 5.41) is 4.52. The van der Waals surface area contributed by atoms with Gasteiger partial charge in [0.25, 0.3) is 5.56 Å². The summed E-state index contributed by atoms with van der Waals surface area (Å²) in [5.41, 5.74) is 2.95. The van der Waals surface area contributed by atoms with E-state index in [9.17, 15) is 9.59 Å². The van der Waals surface area contributed by atoms with Crippen LogP contribution in [0.5, 0.6) is 0 Å². The minimum absolute atomic E-state index is 0.00483. The first-order valence-electron chi connectivity index (χ1n) is 8.62. The highest BCUT2D eigenvalue weighted by Gasteiger charge is 2.12. The summed E-state index contributed by atoms with van der Waals surface area (Å²) < 4.78 is 1.46. The molecule has 0 aliphatic carbocycles. The van der Waals surface area contributed by atoms with E-state index >= 15 is 0 Å². The molecule has 25 heavy (non-hydrogen) atoms. The van der Waals surface area contributed by atoms with Gasteiger partial charge in [0.05, 0.1) is 0 Å². The number of nitrogens with one attached hydrogen (secondary N) is 1. The molecule has 2 aromatic carbocycles. The molecule has 0 bridgehead atoms. The Balaban J connectivity index is 1.87. The number of hydrogen-bond acceptors (Lipinski definition) is 2. The van der Waals surface area contributed by atoms with E-state index in [0.717, 1.165) is 35.0 Å². The summed E-state index contributed by atoms with van der Waals surface area (Å²) >= 11 is 0. The number of hydrogen-bond donors (Lipinski definition) is 1. The number of amides is 1. The third kappa shape index (κ3) is 3.48. The number of aryl methyl sites for hydroxylation is 2. The molecule has 3 aromatic rings. The standard InChI is InChI=1S/C21H22N2O2/c1-3-15-9-7-10-16(4-2)20(15)22-19(24)14-23-13-12-17-8-5-6-11-18(17)21(23)25/h5-13H,3-4,14H2,1-2H3,(H,22,24). The molecule has 0 unspecified atom stereocenters. The third-order valence-electron chi connectivity index (χ3n) is 4.46. The Hall–Kier alpha value is -2.88. The predicted molar refractivity (Wildman–Crippen MR) is 102 cm³/mol. The van der Waals surface area contributed by atoms with E-state index in [4.69, 9.17) is 0 Å². The van der Waals surface area contributed by atoms with Crippen LogP contribution in [0.15, 0.2) is 59.5 Å². The topological polar surface area (TPSA) is 51.1 Å². The number of para-hydroxylation sites is 1. The van der Waals surface area contributed by atoms with E-state index in [2.05, 4.69) is 19.2 Å². The van der Waals surface area contributed by atoms with Gasteiger partial charge in [0.15, 0.2) is 0 Å². The summed E-state index contributed by atoms with van der Waals surface area (Å²) in [7, 11) is 0. The largest absolute Gasteiger partial charge is 0.324 e. The molecule has 0 saturated heterocycles. The van der Waals surface area contributed by atoms with Gasteiger partial charge in [0, 0.05) is 17.3 Å². The minimum atomic E-state index is -0.187. The van der Waals surface area contributed by atoms with Crippen LogP contribution in [0.1, 0.15) is 25.0 Å². The number of carbonyl (C=O) groups excluding carboxylic acids is 1. The summed E-state index contributed by atoms with van der Waals surface area (Å²) in [6.07, 6.45) is 3.37. The first kappa shape index (κ1) is 17.0. The Morgan fingerprint density at radius 1 is 0.960 bits per heavy atom. The van der Waals surface area contributed by atoms with Gasteiger partial charge in [0.2, 0.25) is 5.91 Å². The number of nitrogens with zero attached hydrogens (tertiary/aromatic N) is 1. The van der Waals surface area contributed by atoms with E-state index in [-0.39, 0.29) is 18.0 Å². The average Bonchev–Trinajstić information content (AvgIpc) is 2.64. The predicted octanol–water partition coefficient (Wildman–Crippen LogP) is 3.77. The maximum absolute atomic E-state index is 12.5. The molecule has 0 radical (unpaired) electrons. The van der Waals surface area contributed by atoms with Gasteiger partial charge in [-0.1, -0.05) is 50.2 Å². The van der Waals surface area contributed by atoms with Crippen LogP contribution in [0.2, 0.25) is 0 Å². The lowest BCUT2D eigenvalue weighted by Gasteiger charge is -2.15. The molecule has 1 amide bonds. The fourth-order valence-electron chi connectivity index (χ4n) is 3.09. The van der Waals surface area contributed by atoms with Gasteiger partial charge in [0.1, 0.15) is 6.54 Å². The maximum atomic E-state index is 12.5. The van der Waals surface area contributed by atoms with Crippen LogP contribution >= 0.6 is 0 Å². The molecule has 0 saturated carbocycles. The van der Waals surface area contributed by atoms with Crippen molar-refractivity contribution >= 4 is 22.4 Å². The van der Waals surface area contributed by atoms with Crippen LogP contribution in [0.25, 0.3) is 10.8 Å². The molecular weight excluding hydrogens is 312 g/mol. The second kappa shape index (κ2) is 7.34. The van der Waals surface area contributed by atoms with Crippen LogP contribution in [-0.4, -0.2) is 10.5 Å². The van der Waals surface area contributed by atoms with Crippen LogP contribution < -0.4 is 10.9 Å². The Bertz CT molecular complexity index is 951. The van der Waals surface area contributed by atoms with Gasteiger partial charge in [-0.2, -0.15) is 0 Å². The second-order valence-corrected chi connectivity index (χ2v) is 6.04. The maximum Gasteiger partial charge on any atom is 0.258 e. The lowest BCUT2D eigenvalue weighted by atomic mass is 10.0. The lowest BCUT2D eigenvalue weighted by Crippen LogP contribution is -2.27. The van der Waals surface area contributed by atoms with Crippen molar-refractivity contribution in [1.82, 2.24) is 4.57 Å². The number of benzene rings is 2. The molecule has 4 heteroatoms. The van der Waals surface area contributed by atoms with Crippen LogP contribution in [0.4, 0.5) is 5.69 Å². The van der Waals surface area contributed by atoms with Crippen LogP contribution in [0, 0.1) is 0 Å². The fourth-order valence-corrected chi connectivity index (χ4v) is 3.09. The van der Waals surface area contributed by atoms with Crippen molar-refractivity contribution in [3.05, 3.63) is 76.2 Å². The van der Waals surface area contributed by atoms with Crippen LogP contribution in [0.3, 0.4) is 0 Å². The number of aromatic nitrogens is 1. The number of anilines is 1. The van der Waals surface area contributed by atoms with Gasteiger partial charge < -0.3 is 9.88 Å². The van der Waals surface area contributed by atoms with Crippen molar-refractivity contribution in [3.8, 4) is 0 Å². The van der Waals surface area contributed by atoms with Gasteiger partial charge in [-0.15, -0.1) is 0 Å². The first-order chi connectivity index (χ1) is 12.1. The normalized spacial score (nSPS) is 10.8. The molecule has 0 fully saturated rings. The molecule has 1 aromatic heterocycles. The van der Waals surface area contributed by atoms with Gasteiger partial charge in [-0.05, 0) is 41.5 Å². The summed E-state index contributed by atoms with van der Waals surface area (Å²) in [6.45, 7) is 4.14. The number of carbonyl (C=O) groups is 1. The summed E-state index contributed by atoms with van der Waals surface area (Å²) in [5.74, 6) is -0.187. The summed E-state index contributed by atoms with van der Waals surface area (Å²) in [6, 6.07) is 15.3. The molecule has 1 heterocycles. The smallest absolute Gasteiger partial charge is 0.258 e. The Kier molecular flexibility index (Phi) is 4.98. The van der Waals surface area contributed by atoms with Crippen molar-refractivity contribution in [3.63, 3.8) is 0 Å². The van der Waals surface area contributed by atoms with Gasteiger partial charge >= 0.3 is 0 Å². The Morgan fingerprint density at radius 3 is 2.32 bits per heavy atom. The molecule has 0 aliphatic heterocycles. The monoisotopic (exact) mass is 334 g/mol. The molecule has 0 aliphatic rings. The Morgan fingerprint density at radius 2 is 1.64 bits per heavy atom. The number of rotatable bonds is 5. The second-order valence-electron chi connectivity index (χ2n) is 6.04. The number of fused-ring (bicyclic) bond motifs is 1. The molecule has 3 rings (SSSR count). The van der Waals surface area contributed by atoms with E-state index in [1.165, 1.54) is 4.57 Å². The van der Waals surface area contributed by atoms with Crippen molar-refractivity contribution < 1.29 is 4.79 Å². The molecule has 4 nitrogen and oxygen atoms in total. The molecular formula is C21H22N2O2. The highest BCUT2D eigenvalue weighted by molar-refractivity contribution is 5.92. The molecule has 0 spiro atoms. The fraction of sp³-hybridized carbons (Fsp3) is 0.238. The molecule has 1 N–H and O–H groups in total. The zero-order valence-corrected chi connectivity index (χ0v) is 14.6. The van der Waals surface area contributed by atoms with E-state index in [0.29, 0.717) is 5.39 Å². The number of pyridine rings is 1. The summed E-state index contributed by atoms with van der Waals surface area (Å²) in [4.78, 5) is 25.1. The molecule has 0 atom stereocenters. The van der Waals surface area contributed by atoms with Crippen molar-refractivity contribution in [2.24, 2.45) is 0 Å². The zero-order chi connectivity index (χ0) is 17.8. The molecule has 128 valence electrons. The van der Waals surface area contributed by atoms with Gasteiger partial charge in [-0.25, -0.2) is 0 Å². The van der Waals surface area contributed by atoms with Crippen molar-refractivity contribution in [1.29, 1.82) is 0 Å². The Labute approximate surface area is 147 Å². The SMILES string of the molecule is CCc1cccc(CC)c1NC(=O)Cn1ccc2ccccc2c1=O. The third-order valence-corrected chi connectivity index (χ3v) is 4.46. The van der Waals surface area contributed by atoms with Crippen molar-refractivity contribution in [2.75, 3.05) is 5.32 Å². The lowest BCUT2D eigenvalue weighted by molar-refractivity contribution is -0.116. The quantitative estimate of drug-likeness (QED) is 0.772. The first-order valence-corrected chi connectivity index (χ1v) is 8.62.